The van der Waals surface area contributed by atoms with Crippen LogP contribution in [0.1, 0.15) is 51.5 Å². The first-order valence-corrected chi connectivity index (χ1v) is 9.22. The molecule has 0 spiro atoms. The Bertz CT molecular complexity index is 499. The number of rotatable bonds is 5. The number of carbonyl (C=O) groups excluding carboxylic acids is 1. The number of likely N-dealkylation sites (tertiary alicyclic amines) is 1. The maximum atomic E-state index is 12.2. The van der Waals surface area contributed by atoms with Gasteiger partial charge in [-0.1, -0.05) is 19.8 Å². The molecule has 1 saturated heterocycles. The Hall–Kier alpha value is -1.63. The lowest BCUT2D eigenvalue weighted by Gasteiger charge is -2.32. The molecule has 1 aromatic rings. The molecule has 2 aliphatic rings. The normalized spacial score (nSPS) is 25.6. The zero-order valence-corrected chi connectivity index (χ0v) is 14.6. The summed E-state index contributed by atoms with van der Waals surface area (Å²) in [7, 11) is 0. The lowest BCUT2D eigenvalue weighted by Crippen LogP contribution is -2.45. The van der Waals surface area contributed by atoms with Gasteiger partial charge in [-0.05, 0) is 31.6 Å². The molecule has 1 aliphatic carbocycles. The van der Waals surface area contributed by atoms with Crippen LogP contribution in [-0.4, -0.2) is 58.0 Å². The van der Waals surface area contributed by atoms with Gasteiger partial charge in [0, 0.05) is 19.6 Å². The third-order valence-corrected chi connectivity index (χ3v) is 5.31. The van der Waals surface area contributed by atoms with E-state index in [4.69, 9.17) is 4.74 Å². The molecule has 0 bridgehead atoms. The summed E-state index contributed by atoms with van der Waals surface area (Å²) in [5.74, 6) is 0.644. The molecule has 1 saturated carbocycles. The number of amides is 2. The van der Waals surface area contributed by atoms with Crippen LogP contribution < -0.4 is 5.32 Å². The second-order valence-electron chi connectivity index (χ2n) is 7.00. The molecule has 3 rings (SSSR count). The zero-order chi connectivity index (χ0) is 16.8. The van der Waals surface area contributed by atoms with E-state index in [1.165, 1.54) is 19.3 Å². The van der Waals surface area contributed by atoms with E-state index in [1.54, 1.807) is 12.7 Å². The molecular weight excluding hydrogens is 306 g/mol. The number of aromatic nitrogens is 3. The van der Waals surface area contributed by atoms with Gasteiger partial charge in [-0.25, -0.2) is 14.5 Å². The van der Waals surface area contributed by atoms with Crippen LogP contribution in [0, 0.1) is 5.92 Å². The van der Waals surface area contributed by atoms with E-state index in [9.17, 15) is 4.79 Å². The molecule has 2 heterocycles. The fourth-order valence-electron chi connectivity index (χ4n) is 3.75. The molecule has 0 aromatic carbocycles. The van der Waals surface area contributed by atoms with Crippen molar-refractivity contribution in [2.24, 2.45) is 5.92 Å². The summed E-state index contributed by atoms with van der Waals surface area (Å²) in [6, 6.07) is 0.375. The maximum Gasteiger partial charge on any atom is 0.317 e. The molecule has 1 N–H and O–H groups in total. The second kappa shape index (κ2) is 8.46. The van der Waals surface area contributed by atoms with Crippen molar-refractivity contribution in [3.8, 4) is 0 Å². The van der Waals surface area contributed by atoms with Gasteiger partial charge in [0.1, 0.15) is 12.7 Å². The molecule has 134 valence electrons. The highest BCUT2D eigenvalue weighted by Gasteiger charge is 2.24. The van der Waals surface area contributed by atoms with Crippen molar-refractivity contribution in [2.45, 2.75) is 57.6 Å². The van der Waals surface area contributed by atoms with Crippen LogP contribution >= 0.6 is 0 Å². The van der Waals surface area contributed by atoms with Gasteiger partial charge in [0.05, 0.1) is 18.8 Å². The van der Waals surface area contributed by atoms with Gasteiger partial charge in [0.2, 0.25) is 0 Å². The Morgan fingerprint density at radius 1 is 1.25 bits per heavy atom. The summed E-state index contributed by atoms with van der Waals surface area (Å²) in [6.45, 7) is 4.98. The highest BCUT2D eigenvalue weighted by atomic mass is 16.5. The number of hydrogen-bond acceptors (Lipinski definition) is 4. The van der Waals surface area contributed by atoms with Crippen LogP contribution in [0.15, 0.2) is 12.7 Å². The van der Waals surface area contributed by atoms with E-state index in [-0.39, 0.29) is 6.03 Å². The Morgan fingerprint density at radius 2 is 2.04 bits per heavy atom. The van der Waals surface area contributed by atoms with Crippen LogP contribution in [0.5, 0.6) is 0 Å². The van der Waals surface area contributed by atoms with Crippen molar-refractivity contribution in [3.63, 3.8) is 0 Å². The third-order valence-electron chi connectivity index (χ3n) is 5.31. The van der Waals surface area contributed by atoms with E-state index in [0.717, 1.165) is 32.4 Å². The first-order chi connectivity index (χ1) is 11.7. The monoisotopic (exact) mass is 335 g/mol. The number of piperidine rings is 1. The summed E-state index contributed by atoms with van der Waals surface area (Å²) < 4.78 is 7.84. The largest absolute Gasteiger partial charge is 0.376 e. The number of urea groups is 1. The maximum absolute atomic E-state index is 12.2. The first-order valence-electron chi connectivity index (χ1n) is 9.22. The zero-order valence-electron chi connectivity index (χ0n) is 14.6. The quantitative estimate of drug-likeness (QED) is 0.838. The van der Waals surface area contributed by atoms with E-state index in [0.29, 0.717) is 31.2 Å². The Labute approximate surface area is 143 Å². The number of nitrogens with one attached hydrogen (secondary N) is 1. The average Bonchev–Trinajstić information content (AvgIpc) is 3.15. The van der Waals surface area contributed by atoms with Gasteiger partial charge >= 0.3 is 6.03 Å². The number of carbonyl (C=O) groups is 1. The molecule has 1 aromatic heterocycles. The minimum absolute atomic E-state index is 0.0207. The van der Waals surface area contributed by atoms with Crippen molar-refractivity contribution in [1.82, 2.24) is 25.0 Å². The molecule has 2 atom stereocenters. The average molecular weight is 335 g/mol. The van der Waals surface area contributed by atoms with Crippen LogP contribution in [0.4, 0.5) is 4.79 Å². The van der Waals surface area contributed by atoms with Crippen LogP contribution in [-0.2, 0) is 4.74 Å². The minimum atomic E-state index is 0.0207. The van der Waals surface area contributed by atoms with Crippen molar-refractivity contribution in [3.05, 3.63) is 12.7 Å². The van der Waals surface area contributed by atoms with Crippen LogP contribution in [0.2, 0.25) is 0 Å². The standard InChI is InChI=1S/C17H29N5O2/c1-14-4-2-3-5-16(14)24-11-8-19-17(23)21-9-6-15(7-10-21)22-13-18-12-20-22/h12-16H,2-11H2,1H3,(H,19,23)/t14-,16+/m1/s1. The first kappa shape index (κ1) is 17.2. The fourth-order valence-corrected chi connectivity index (χ4v) is 3.75. The molecule has 0 radical (unpaired) electrons. The highest BCUT2D eigenvalue weighted by Crippen LogP contribution is 2.26. The summed E-state index contributed by atoms with van der Waals surface area (Å²) >= 11 is 0. The predicted molar refractivity (Wildman–Crippen MR) is 90.6 cm³/mol. The molecule has 1 aliphatic heterocycles. The van der Waals surface area contributed by atoms with Crippen molar-refractivity contribution >= 4 is 6.03 Å². The fraction of sp³-hybridized carbons (Fsp3) is 0.824. The molecule has 7 nitrogen and oxygen atoms in total. The van der Waals surface area contributed by atoms with Gasteiger partial charge in [-0.15, -0.1) is 0 Å². The minimum Gasteiger partial charge on any atom is -0.376 e. The van der Waals surface area contributed by atoms with E-state index in [1.807, 2.05) is 9.58 Å². The van der Waals surface area contributed by atoms with Crippen molar-refractivity contribution < 1.29 is 9.53 Å². The van der Waals surface area contributed by atoms with Crippen molar-refractivity contribution in [2.75, 3.05) is 26.2 Å². The highest BCUT2D eigenvalue weighted by molar-refractivity contribution is 5.74. The Kier molecular flexibility index (Phi) is 6.07. The summed E-state index contributed by atoms with van der Waals surface area (Å²) in [6.07, 6.45) is 10.5. The third kappa shape index (κ3) is 4.47. The lowest BCUT2D eigenvalue weighted by molar-refractivity contribution is -0.00279. The summed E-state index contributed by atoms with van der Waals surface area (Å²) in [4.78, 5) is 18.1. The molecular formula is C17H29N5O2. The summed E-state index contributed by atoms with van der Waals surface area (Å²) in [5, 5.41) is 7.17. The lowest BCUT2D eigenvalue weighted by atomic mass is 9.88. The molecule has 0 unspecified atom stereocenters. The number of hydrogen-bond donors (Lipinski definition) is 1. The van der Waals surface area contributed by atoms with E-state index >= 15 is 0 Å². The van der Waals surface area contributed by atoms with Gasteiger partial charge in [-0.2, -0.15) is 5.10 Å². The van der Waals surface area contributed by atoms with Gasteiger partial charge in [0.25, 0.3) is 0 Å². The molecule has 2 fully saturated rings. The molecule has 24 heavy (non-hydrogen) atoms. The number of nitrogens with zero attached hydrogens (tertiary/aromatic N) is 4. The van der Waals surface area contributed by atoms with Crippen LogP contribution in [0.3, 0.4) is 0 Å². The SMILES string of the molecule is C[C@@H]1CCCC[C@@H]1OCCNC(=O)N1CCC(n2cncn2)CC1. The van der Waals surface area contributed by atoms with Gasteiger partial charge in [-0.3, -0.25) is 0 Å². The second-order valence-corrected chi connectivity index (χ2v) is 7.00. The Morgan fingerprint density at radius 3 is 2.75 bits per heavy atom. The smallest absolute Gasteiger partial charge is 0.317 e. The predicted octanol–water partition coefficient (Wildman–Crippen LogP) is 2.22. The number of ether oxygens (including phenoxy) is 1. The van der Waals surface area contributed by atoms with E-state index < -0.39 is 0 Å². The Balaban J connectivity index is 1.31. The van der Waals surface area contributed by atoms with Crippen LogP contribution in [0.25, 0.3) is 0 Å². The molecule has 7 heteroatoms. The van der Waals surface area contributed by atoms with Gasteiger partial charge in [0.15, 0.2) is 0 Å². The van der Waals surface area contributed by atoms with Crippen molar-refractivity contribution in [1.29, 1.82) is 0 Å². The summed E-state index contributed by atoms with van der Waals surface area (Å²) in [5.41, 5.74) is 0. The topological polar surface area (TPSA) is 72.3 Å². The van der Waals surface area contributed by atoms with Gasteiger partial charge < -0.3 is 15.0 Å². The van der Waals surface area contributed by atoms with E-state index in [2.05, 4.69) is 22.3 Å². The molecule has 2 amide bonds.